The van der Waals surface area contributed by atoms with Crippen molar-refractivity contribution in [3.05, 3.63) is 28.3 Å². The first-order valence-corrected chi connectivity index (χ1v) is 7.32. The van der Waals surface area contributed by atoms with Crippen molar-refractivity contribution in [3.8, 4) is 0 Å². The standard InChI is InChI=1S/C10H13N5O5S/c11-13-7-1-2-9(8(5-7)15(17)18)21(19,20)14-4-3-12-10(16)6-14/h1-2,5,13H,3-4,6,11H2,(H,12,16). The molecule has 10 nitrogen and oxygen atoms in total. The van der Waals surface area contributed by atoms with Gasteiger partial charge in [0.15, 0.2) is 4.90 Å². The average molecular weight is 315 g/mol. The van der Waals surface area contributed by atoms with Gasteiger partial charge < -0.3 is 10.7 Å². The Balaban J connectivity index is 2.48. The summed E-state index contributed by atoms with van der Waals surface area (Å²) in [4.78, 5) is 21.1. The van der Waals surface area contributed by atoms with Crippen molar-refractivity contribution in [2.24, 2.45) is 5.84 Å². The number of rotatable bonds is 4. The van der Waals surface area contributed by atoms with E-state index in [2.05, 4.69) is 10.7 Å². The first-order valence-electron chi connectivity index (χ1n) is 5.88. The molecule has 1 fully saturated rings. The highest BCUT2D eigenvalue weighted by atomic mass is 32.2. The minimum atomic E-state index is -4.13. The molecule has 1 aromatic carbocycles. The number of anilines is 1. The first kappa shape index (κ1) is 15.2. The van der Waals surface area contributed by atoms with E-state index in [1.54, 1.807) is 0 Å². The number of nitrogens with one attached hydrogen (secondary N) is 2. The predicted molar refractivity (Wildman–Crippen MR) is 72.7 cm³/mol. The Hall–Kier alpha value is -2.24. The van der Waals surface area contributed by atoms with Crippen LogP contribution in [-0.2, 0) is 14.8 Å². The van der Waals surface area contributed by atoms with E-state index >= 15 is 0 Å². The van der Waals surface area contributed by atoms with Gasteiger partial charge in [0.2, 0.25) is 15.9 Å². The number of hydrazine groups is 1. The summed E-state index contributed by atoms with van der Waals surface area (Å²) < 4.78 is 25.8. The SMILES string of the molecule is NNc1ccc(S(=O)(=O)N2CCNC(=O)C2)c([N+](=O)[O-])c1. The molecule has 114 valence electrons. The van der Waals surface area contributed by atoms with Crippen molar-refractivity contribution in [1.82, 2.24) is 9.62 Å². The fraction of sp³-hybridized carbons (Fsp3) is 0.300. The number of nitro groups is 1. The molecule has 0 aromatic heterocycles. The summed E-state index contributed by atoms with van der Waals surface area (Å²) in [6, 6.07) is 3.43. The third kappa shape index (κ3) is 2.94. The summed E-state index contributed by atoms with van der Waals surface area (Å²) in [7, 11) is -4.13. The maximum atomic E-state index is 12.4. The summed E-state index contributed by atoms with van der Waals surface area (Å²) >= 11 is 0. The number of hydrogen-bond donors (Lipinski definition) is 3. The van der Waals surface area contributed by atoms with Crippen molar-refractivity contribution >= 4 is 27.3 Å². The summed E-state index contributed by atoms with van der Waals surface area (Å²) in [6.07, 6.45) is 0. The topological polar surface area (TPSA) is 148 Å². The van der Waals surface area contributed by atoms with Gasteiger partial charge in [-0.25, -0.2) is 8.42 Å². The molecule has 0 atom stereocenters. The van der Waals surface area contributed by atoms with E-state index in [4.69, 9.17) is 5.84 Å². The molecule has 0 unspecified atom stereocenters. The van der Waals surface area contributed by atoms with Crippen LogP contribution in [0.5, 0.6) is 0 Å². The lowest BCUT2D eigenvalue weighted by atomic mass is 10.3. The fourth-order valence-corrected chi connectivity index (χ4v) is 3.46. The molecule has 1 aromatic rings. The van der Waals surface area contributed by atoms with Gasteiger partial charge in [-0.05, 0) is 12.1 Å². The Labute approximate surface area is 120 Å². The van der Waals surface area contributed by atoms with Gasteiger partial charge in [0.25, 0.3) is 5.69 Å². The summed E-state index contributed by atoms with van der Waals surface area (Å²) in [5, 5.41) is 13.5. The fourth-order valence-electron chi connectivity index (χ4n) is 1.93. The molecule has 1 amide bonds. The van der Waals surface area contributed by atoms with Crippen LogP contribution in [0.25, 0.3) is 0 Å². The van der Waals surface area contributed by atoms with E-state index in [0.717, 1.165) is 16.4 Å². The molecule has 0 radical (unpaired) electrons. The minimum Gasteiger partial charge on any atom is -0.354 e. The molecule has 0 bridgehead atoms. The lowest BCUT2D eigenvalue weighted by Crippen LogP contribution is -2.49. The van der Waals surface area contributed by atoms with Crippen molar-refractivity contribution in [3.63, 3.8) is 0 Å². The van der Waals surface area contributed by atoms with Gasteiger partial charge in [-0.3, -0.25) is 20.8 Å². The number of benzene rings is 1. The predicted octanol–water partition coefficient (Wildman–Crippen LogP) is -0.999. The zero-order valence-electron chi connectivity index (χ0n) is 10.8. The lowest BCUT2D eigenvalue weighted by molar-refractivity contribution is -0.387. The van der Waals surface area contributed by atoms with Crippen LogP contribution in [0.4, 0.5) is 11.4 Å². The lowest BCUT2D eigenvalue weighted by Gasteiger charge is -2.25. The van der Waals surface area contributed by atoms with E-state index in [1.807, 2.05) is 0 Å². The van der Waals surface area contributed by atoms with E-state index < -0.39 is 31.4 Å². The molecule has 0 spiro atoms. The monoisotopic (exact) mass is 315 g/mol. The van der Waals surface area contributed by atoms with Gasteiger partial charge in [0, 0.05) is 19.2 Å². The molecular formula is C10H13N5O5S. The number of hydrogen-bond acceptors (Lipinski definition) is 7. The zero-order valence-corrected chi connectivity index (χ0v) is 11.6. The highest BCUT2D eigenvalue weighted by Gasteiger charge is 2.34. The molecule has 0 aliphatic carbocycles. The maximum absolute atomic E-state index is 12.4. The van der Waals surface area contributed by atoms with Crippen LogP contribution in [-0.4, -0.2) is 43.2 Å². The van der Waals surface area contributed by atoms with Crippen LogP contribution < -0.4 is 16.6 Å². The molecule has 21 heavy (non-hydrogen) atoms. The molecule has 1 aliphatic heterocycles. The Morgan fingerprint density at radius 1 is 1.43 bits per heavy atom. The molecule has 11 heteroatoms. The minimum absolute atomic E-state index is 0.0577. The van der Waals surface area contributed by atoms with Gasteiger partial charge in [-0.15, -0.1) is 0 Å². The number of amides is 1. The maximum Gasteiger partial charge on any atom is 0.291 e. The van der Waals surface area contributed by atoms with Crippen molar-refractivity contribution in [2.75, 3.05) is 25.1 Å². The van der Waals surface area contributed by atoms with Gasteiger partial charge in [-0.1, -0.05) is 0 Å². The number of nitro benzene ring substituents is 1. The Morgan fingerprint density at radius 2 is 2.14 bits per heavy atom. The molecule has 1 aliphatic rings. The van der Waals surface area contributed by atoms with Crippen LogP contribution in [0.15, 0.2) is 23.1 Å². The van der Waals surface area contributed by atoms with Crippen molar-refractivity contribution in [2.45, 2.75) is 4.90 Å². The molecule has 1 saturated heterocycles. The van der Waals surface area contributed by atoms with E-state index in [9.17, 15) is 23.3 Å². The third-order valence-corrected chi connectivity index (χ3v) is 4.84. The second-order valence-electron chi connectivity index (χ2n) is 4.27. The largest absolute Gasteiger partial charge is 0.354 e. The van der Waals surface area contributed by atoms with Crippen LogP contribution in [0.1, 0.15) is 0 Å². The summed E-state index contributed by atoms with van der Waals surface area (Å²) in [5.41, 5.74) is 1.82. The first-order chi connectivity index (χ1) is 9.86. The highest BCUT2D eigenvalue weighted by molar-refractivity contribution is 7.89. The number of carbonyl (C=O) groups excluding carboxylic acids is 1. The molecule has 4 N–H and O–H groups in total. The molecule has 1 heterocycles. The number of piperazine rings is 1. The second-order valence-corrected chi connectivity index (χ2v) is 6.18. The normalized spacial score (nSPS) is 16.3. The Bertz CT molecular complexity index is 689. The van der Waals surface area contributed by atoms with Crippen LogP contribution >= 0.6 is 0 Å². The van der Waals surface area contributed by atoms with E-state index in [0.29, 0.717) is 0 Å². The quantitative estimate of drug-likeness (QED) is 0.366. The summed E-state index contributed by atoms with van der Waals surface area (Å²) in [5.74, 6) is 4.70. The van der Waals surface area contributed by atoms with Crippen LogP contribution in [0.2, 0.25) is 0 Å². The van der Waals surface area contributed by atoms with Crippen molar-refractivity contribution in [1.29, 1.82) is 0 Å². The average Bonchev–Trinajstić information content (AvgIpc) is 2.46. The Morgan fingerprint density at radius 3 is 2.71 bits per heavy atom. The zero-order chi connectivity index (χ0) is 15.6. The van der Waals surface area contributed by atoms with Crippen molar-refractivity contribution < 1.29 is 18.1 Å². The number of nitrogens with zero attached hydrogens (tertiary/aromatic N) is 2. The van der Waals surface area contributed by atoms with Gasteiger partial charge in [0.05, 0.1) is 17.2 Å². The number of carbonyl (C=O) groups is 1. The molecule has 2 rings (SSSR count). The van der Waals surface area contributed by atoms with Gasteiger partial charge >= 0.3 is 0 Å². The number of sulfonamides is 1. The highest BCUT2D eigenvalue weighted by Crippen LogP contribution is 2.29. The smallest absolute Gasteiger partial charge is 0.291 e. The van der Waals surface area contributed by atoms with Crippen LogP contribution in [0, 0.1) is 10.1 Å². The van der Waals surface area contributed by atoms with Gasteiger partial charge in [0.1, 0.15) is 0 Å². The van der Waals surface area contributed by atoms with E-state index in [1.165, 1.54) is 6.07 Å². The number of nitrogens with two attached hydrogens (primary N) is 1. The molecular weight excluding hydrogens is 302 g/mol. The van der Waals surface area contributed by atoms with Crippen LogP contribution in [0.3, 0.4) is 0 Å². The summed E-state index contributed by atoms with van der Waals surface area (Å²) in [6.45, 7) is -0.146. The second kappa shape index (κ2) is 5.63. The van der Waals surface area contributed by atoms with Gasteiger partial charge in [-0.2, -0.15) is 4.31 Å². The Kier molecular flexibility index (Phi) is 4.06. The van der Waals surface area contributed by atoms with E-state index in [-0.39, 0.29) is 25.3 Å². The third-order valence-electron chi connectivity index (χ3n) is 2.94. The molecule has 0 saturated carbocycles. The number of nitrogen functional groups attached to an aromatic ring is 1.